The summed E-state index contributed by atoms with van der Waals surface area (Å²) in [6, 6.07) is 10.2. The lowest BCUT2D eigenvalue weighted by molar-refractivity contribution is 1.37. The van der Waals surface area contributed by atoms with Gasteiger partial charge in [-0.05, 0) is 11.5 Å². The maximum Gasteiger partial charge on any atom is 0.0519 e. The van der Waals surface area contributed by atoms with Crippen molar-refractivity contribution >= 4 is 33.7 Å². The minimum atomic E-state index is 0.785. The zero-order valence-electron chi connectivity index (χ0n) is 8.35. The van der Waals surface area contributed by atoms with Crippen LogP contribution in [0.1, 0.15) is 0 Å². The Morgan fingerprint density at radius 1 is 1.12 bits per heavy atom. The summed E-state index contributed by atoms with van der Waals surface area (Å²) in [6.45, 7) is 0. The monoisotopic (exact) mass is 245 g/mol. The van der Waals surface area contributed by atoms with E-state index in [1.54, 1.807) is 11.3 Å². The van der Waals surface area contributed by atoms with E-state index < -0.39 is 0 Å². The first-order valence-electron chi connectivity index (χ1n) is 4.92. The van der Waals surface area contributed by atoms with Gasteiger partial charge in [0.05, 0.1) is 5.02 Å². The molecule has 2 heterocycles. The molecule has 0 aliphatic heterocycles. The smallest absolute Gasteiger partial charge is 0.0519 e. The lowest BCUT2D eigenvalue weighted by atomic mass is 10.1. The van der Waals surface area contributed by atoms with E-state index in [-0.39, 0.29) is 0 Å². The van der Waals surface area contributed by atoms with Crippen LogP contribution in [0.5, 0.6) is 0 Å². The average Bonchev–Trinajstić information content (AvgIpc) is 2.75. The summed E-state index contributed by atoms with van der Waals surface area (Å²) in [5, 5.41) is 5.10. The molecule has 0 aliphatic carbocycles. The van der Waals surface area contributed by atoms with Crippen LogP contribution in [-0.4, -0.2) is 4.98 Å². The number of hydrogen-bond donors (Lipinski definition) is 0. The fraction of sp³-hybridized carbons (Fsp3) is 0. The fourth-order valence-electron chi connectivity index (χ4n) is 1.77. The highest BCUT2D eigenvalue weighted by atomic mass is 35.5. The second-order valence-electron chi connectivity index (χ2n) is 3.54. The highest BCUT2D eigenvalue weighted by Crippen LogP contribution is 2.33. The largest absolute Gasteiger partial charge is 0.263 e. The topological polar surface area (TPSA) is 12.9 Å². The highest BCUT2D eigenvalue weighted by Gasteiger charge is 2.05. The molecule has 3 heteroatoms. The van der Waals surface area contributed by atoms with E-state index in [1.165, 1.54) is 5.39 Å². The van der Waals surface area contributed by atoms with Crippen LogP contribution in [0.25, 0.3) is 21.2 Å². The first-order chi connectivity index (χ1) is 7.84. The molecule has 3 rings (SSSR count). The number of fused-ring (bicyclic) bond motifs is 1. The third-order valence-electron chi connectivity index (χ3n) is 2.50. The van der Waals surface area contributed by atoms with E-state index in [2.05, 4.69) is 17.1 Å². The molecule has 0 fully saturated rings. The highest BCUT2D eigenvalue weighted by molar-refractivity contribution is 7.14. The van der Waals surface area contributed by atoms with E-state index in [1.807, 2.05) is 36.0 Å². The molecule has 2 aromatic heterocycles. The standard InChI is InChI=1S/C13H8ClNS/c14-10-5-13(16-8-10)12-7-15-6-9-3-1-2-4-11(9)12/h1-8H. The molecule has 3 aromatic rings. The Labute approximate surface area is 102 Å². The van der Waals surface area contributed by atoms with Crippen molar-refractivity contribution in [2.24, 2.45) is 0 Å². The Balaban J connectivity index is 2.31. The quantitative estimate of drug-likeness (QED) is 0.610. The summed E-state index contributed by atoms with van der Waals surface area (Å²) in [4.78, 5) is 5.42. The van der Waals surface area contributed by atoms with Gasteiger partial charge in [-0.3, -0.25) is 4.98 Å². The lowest BCUT2D eigenvalue weighted by Gasteiger charge is -2.02. The number of hydrogen-bond acceptors (Lipinski definition) is 2. The third kappa shape index (κ3) is 1.60. The number of halogens is 1. The molecule has 0 atom stereocenters. The first kappa shape index (κ1) is 9.82. The molecule has 0 amide bonds. The van der Waals surface area contributed by atoms with Gasteiger partial charge >= 0.3 is 0 Å². The number of benzene rings is 1. The van der Waals surface area contributed by atoms with Crippen LogP contribution in [0.3, 0.4) is 0 Å². The maximum atomic E-state index is 5.95. The Bertz CT molecular complexity index is 640. The zero-order valence-corrected chi connectivity index (χ0v) is 9.92. The van der Waals surface area contributed by atoms with Gasteiger partial charge in [-0.15, -0.1) is 11.3 Å². The van der Waals surface area contributed by atoms with Crippen molar-refractivity contribution in [1.29, 1.82) is 0 Å². The summed E-state index contributed by atoms with van der Waals surface area (Å²) in [6.07, 6.45) is 3.78. The predicted molar refractivity (Wildman–Crippen MR) is 70.1 cm³/mol. The minimum absolute atomic E-state index is 0.785. The van der Waals surface area contributed by atoms with Crippen molar-refractivity contribution in [3.63, 3.8) is 0 Å². The molecular weight excluding hydrogens is 238 g/mol. The lowest BCUT2D eigenvalue weighted by Crippen LogP contribution is -1.80. The molecule has 0 radical (unpaired) electrons. The molecule has 1 aromatic carbocycles. The van der Waals surface area contributed by atoms with Gasteiger partial charge < -0.3 is 0 Å². The second kappa shape index (κ2) is 3.89. The summed E-state index contributed by atoms with van der Waals surface area (Å²) in [5.41, 5.74) is 1.15. The Morgan fingerprint density at radius 3 is 2.81 bits per heavy atom. The van der Waals surface area contributed by atoms with E-state index >= 15 is 0 Å². The number of aromatic nitrogens is 1. The normalized spacial score (nSPS) is 10.8. The van der Waals surface area contributed by atoms with E-state index in [9.17, 15) is 0 Å². The summed E-state index contributed by atoms with van der Waals surface area (Å²) < 4.78 is 0. The number of pyridine rings is 1. The van der Waals surface area contributed by atoms with Crippen molar-refractivity contribution < 1.29 is 0 Å². The van der Waals surface area contributed by atoms with Gasteiger partial charge in [-0.2, -0.15) is 0 Å². The van der Waals surface area contributed by atoms with E-state index in [0.717, 1.165) is 20.8 Å². The van der Waals surface area contributed by atoms with E-state index in [0.29, 0.717) is 0 Å². The summed E-state index contributed by atoms with van der Waals surface area (Å²) in [7, 11) is 0. The Morgan fingerprint density at radius 2 is 2.00 bits per heavy atom. The fourth-order valence-corrected chi connectivity index (χ4v) is 2.87. The average molecular weight is 246 g/mol. The molecular formula is C13H8ClNS. The molecule has 0 N–H and O–H groups in total. The SMILES string of the molecule is Clc1csc(-c2cncc3ccccc23)c1. The zero-order chi connectivity index (χ0) is 11.0. The Hall–Kier alpha value is -1.38. The van der Waals surface area contributed by atoms with Crippen LogP contribution in [0.15, 0.2) is 48.1 Å². The van der Waals surface area contributed by atoms with Gasteiger partial charge in [-0.25, -0.2) is 0 Å². The minimum Gasteiger partial charge on any atom is -0.263 e. The van der Waals surface area contributed by atoms with Gasteiger partial charge in [0.2, 0.25) is 0 Å². The number of rotatable bonds is 1. The van der Waals surface area contributed by atoms with E-state index in [4.69, 9.17) is 11.6 Å². The van der Waals surface area contributed by atoms with Gasteiger partial charge in [0, 0.05) is 33.6 Å². The predicted octanol–water partition coefficient (Wildman–Crippen LogP) is 4.62. The molecule has 1 nitrogen and oxygen atoms in total. The number of nitrogens with zero attached hydrogens (tertiary/aromatic N) is 1. The van der Waals surface area contributed by atoms with Crippen LogP contribution < -0.4 is 0 Å². The molecule has 0 spiro atoms. The Kier molecular flexibility index (Phi) is 2.39. The van der Waals surface area contributed by atoms with Crippen LogP contribution in [0.2, 0.25) is 5.02 Å². The molecule has 78 valence electrons. The van der Waals surface area contributed by atoms with Crippen LogP contribution in [0, 0.1) is 0 Å². The van der Waals surface area contributed by atoms with Gasteiger partial charge in [0.1, 0.15) is 0 Å². The van der Waals surface area contributed by atoms with Crippen molar-refractivity contribution in [2.75, 3.05) is 0 Å². The van der Waals surface area contributed by atoms with Gasteiger partial charge in [0.15, 0.2) is 0 Å². The molecule has 0 unspecified atom stereocenters. The summed E-state index contributed by atoms with van der Waals surface area (Å²) in [5.74, 6) is 0. The van der Waals surface area contributed by atoms with Crippen LogP contribution in [0.4, 0.5) is 0 Å². The molecule has 0 aliphatic rings. The van der Waals surface area contributed by atoms with Crippen molar-refractivity contribution in [3.05, 3.63) is 53.1 Å². The maximum absolute atomic E-state index is 5.95. The molecule has 0 saturated carbocycles. The third-order valence-corrected chi connectivity index (χ3v) is 3.81. The van der Waals surface area contributed by atoms with Gasteiger partial charge in [0.25, 0.3) is 0 Å². The summed E-state index contributed by atoms with van der Waals surface area (Å²) >= 11 is 7.60. The van der Waals surface area contributed by atoms with Crippen LogP contribution in [-0.2, 0) is 0 Å². The van der Waals surface area contributed by atoms with Crippen molar-refractivity contribution in [1.82, 2.24) is 4.98 Å². The van der Waals surface area contributed by atoms with Crippen molar-refractivity contribution in [3.8, 4) is 10.4 Å². The van der Waals surface area contributed by atoms with Gasteiger partial charge in [-0.1, -0.05) is 35.9 Å². The van der Waals surface area contributed by atoms with Crippen LogP contribution >= 0.6 is 22.9 Å². The first-order valence-corrected chi connectivity index (χ1v) is 6.17. The van der Waals surface area contributed by atoms with Crippen molar-refractivity contribution in [2.45, 2.75) is 0 Å². The molecule has 16 heavy (non-hydrogen) atoms. The molecule has 0 bridgehead atoms. The number of thiophene rings is 1. The second-order valence-corrected chi connectivity index (χ2v) is 4.89. The molecule has 0 saturated heterocycles.